The number of hydrogen-bond donors (Lipinski definition) is 1. The monoisotopic (exact) mass is 304 g/mol. The molecule has 2 heterocycles. The zero-order valence-corrected chi connectivity index (χ0v) is 14.3. The molecule has 0 saturated heterocycles. The number of ether oxygens (including phenoxy) is 1. The SMILES string of the molecule is CCc1ccsc1C(Cc1ncc(C)c(OC)c1C)NC. The Labute approximate surface area is 131 Å². The third kappa shape index (κ3) is 3.27. The second-order valence-electron chi connectivity index (χ2n) is 5.26. The van der Waals surface area contributed by atoms with E-state index in [9.17, 15) is 0 Å². The smallest absolute Gasteiger partial charge is 0.128 e. The molecule has 0 aliphatic rings. The third-order valence-electron chi connectivity index (χ3n) is 3.97. The molecular formula is C17H24N2OS. The van der Waals surface area contributed by atoms with Crippen molar-refractivity contribution in [2.75, 3.05) is 14.2 Å². The molecule has 0 aromatic carbocycles. The van der Waals surface area contributed by atoms with Crippen LogP contribution in [0.25, 0.3) is 0 Å². The van der Waals surface area contributed by atoms with E-state index in [1.54, 1.807) is 7.11 Å². The van der Waals surface area contributed by atoms with Crippen LogP contribution in [0, 0.1) is 13.8 Å². The molecule has 21 heavy (non-hydrogen) atoms. The van der Waals surface area contributed by atoms with Crippen LogP contribution in [0.5, 0.6) is 5.75 Å². The van der Waals surface area contributed by atoms with Gasteiger partial charge in [0.25, 0.3) is 0 Å². The molecule has 1 unspecified atom stereocenters. The average Bonchev–Trinajstić information content (AvgIpc) is 2.95. The number of aromatic nitrogens is 1. The molecule has 0 amide bonds. The highest BCUT2D eigenvalue weighted by Crippen LogP contribution is 2.30. The van der Waals surface area contributed by atoms with Gasteiger partial charge in [-0.15, -0.1) is 11.3 Å². The van der Waals surface area contributed by atoms with E-state index in [1.807, 2.05) is 31.5 Å². The lowest BCUT2D eigenvalue weighted by Gasteiger charge is -2.19. The second kappa shape index (κ2) is 7.05. The molecule has 2 rings (SSSR count). The van der Waals surface area contributed by atoms with Gasteiger partial charge in [-0.1, -0.05) is 6.92 Å². The fourth-order valence-corrected chi connectivity index (χ4v) is 3.85. The van der Waals surface area contributed by atoms with Crippen molar-refractivity contribution in [3.05, 3.63) is 44.9 Å². The highest BCUT2D eigenvalue weighted by molar-refractivity contribution is 7.10. The van der Waals surface area contributed by atoms with Crippen molar-refractivity contribution in [2.45, 2.75) is 39.7 Å². The van der Waals surface area contributed by atoms with Crippen molar-refractivity contribution in [2.24, 2.45) is 0 Å². The molecule has 4 heteroatoms. The highest BCUT2D eigenvalue weighted by Gasteiger charge is 2.18. The molecule has 2 aromatic heterocycles. The van der Waals surface area contributed by atoms with Crippen molar-refractivity contribution < 1.29 is 4.74 Å². The van der Waals surface area contributed by atoms with Crippen molar-refractivity contribution in [3.63, 3.8) is 0 Å². The number of methoxy groups -OCH3 is 1. The first-order valence-corrected chi connectivity index (χ1v) is 8.22. The number of aryl methyl sites for hydroxylation is 2. The Morgan fingerprint density at radius 2 is 2.14 bits per heavy atom. The first-order chi connectivity index (χ1) is 10.1. The van der Waals surface area contributed by atoms with Crippen molar-refractivity contribution in [3.8, 4) is 5.75 Å². The van der Waals surface area contributed by atoms with Crippen LogP contribution in [-0.2, 0) is 12.8 Å². The van der Waals surface area contributed by atoms with Crippen molar-refractivity contribution in [1.29, 1.82) is 0 Å². The minimum absolute atomic E-state index is 0.304. The Bertz CT molecular complexity index is 607. The summed E-state index contributed by atoms with van der Waals surface area (Å²) in [5, 5.41) is 5.61. The van der Waals surface area contributed by atoms with Crippen LogP contribution in [0.15, 0.2) is 17.6 Å². The fourth-order valence-electron chi connectivity index (χ4n) is 2.74. The van der Waals surface area contributed by atoms with Crippen LogP contribution in [0.1, 0.15) is 40.2 Å². The van der Waals surface area contributed by atoms with Gasteiger partial charge >= 0.3 is 0 Å². The van der Waals surface area contributed by atoms with Gasteiger partial charge in [0.1, 0.15) is 5.75 Å². The Hall–Kier alpha value is -1.39. The van der Waals surface area contributed by atoms with E-state index in [2.05, 4.69) is 35.6 Å². The van der Waals surface area contributed by atoms with E-state index in [0.717, 1.165) is 35.4 Å². The van der Waals surface area contributed by atoms with E-state index in [4.69, 9.17) is 4.74 Å². The van der Waals surface area contributed by atoms with E-state index in [0.29, 0.717) is 6.04 Å². The molecule has 0 aliphatic carbocycles. The normalized spacial score (nSPS) is 12.4. The van der Waals surface area contributed by atoms with Gasteiger partial charge < -0.3 is 10.1 Å². The molecule has 0 bridgehead atoms. The van der Waals surface area contributed by atoms with Crippen LogP contribution in [0.3, 0.4) is 0 Å². The summed E-state index contributed by atoms with van der Waals surface area (Å²) in [6.07, 6.45) is 3.86. The molecule has 114 valence electrons. The summed E-state index contributed by atoms with van der Waals surface area (Å²) in [5.41, 5.74) is 4.76. The molecule has 0 fully saturated rings. The van der Waals surface area contributed by atoms with Crippen LogP contribution in [-0.4, -0.2) is 19.1 Å². The molecule has 0 spiro atoms. The summed E-state index contributed by atoms with van der Waals surface area (Å²) in [5.74, 6) is 0.955. The van der Waals surface area contributed by atoms with Gasteiger partial charge in [0.15, 0.2) is 0 Å². The van der Waals surface area contributed by atoms with Gasteiger partial charge in [-0.25, -0.2) is 0 Å². The summed E-state index contributed by atoms with van der Waals surface area (Å²) in [6, 6.07) is 2.53. The predicted molar refractivity (Wildman–Crippen MR) is 89.5 cm³/mol. The average molecular weight is 304 g/mol. The Morgan fingerprint density at radius 3 is 2.76 bits per heavy atom. The second-order valence-corrected chi connectivity index (χ2v) is 6.20. The largest absolute Gasteiger partial charge is 0.496 e. The molecule has 1 atom stereocenters. The minimum Gasteiger partial charge on any atom is -0.496 e. The molecule has 3 nitrogen and oxygen atoms in total. The number of likely N-dealkylation sites (N-methyl/N-ethyl adjacent to an activating group) is 1. The van der Waals surface area contributed by atoms with Crippen LogP contribution in [0.4, 0.5) is 0 Å². The Balaban J connectivity index is 2.31. The van der Waals surface area contributed by atoms with Gasteiger partial charge in [-0.3, -0.25) is 4.98 Å². The third-order valence-corrected chi connectivity index (χ3v) is 5.05. The number of nitrogens with one attached hydrogen (secondary N) is 1. The summed E-state index contributed by atoms with van der Waals surface area (Å²) >= 11 is 1.82. The van der Waals surface area contributed by atoms with E-state index < -0.39 is 0 Å². The molecular weight excluding hydrogens is 280 g/mol. The van der Waals surface area contributed by atoms with Gasteiger partial charge in [0.05, 0.1) is 7.11 Å². The maximum atomic E-state index is 5.51. The van der Waals surface area contributed by atoms with Crippen molar-refractivity contribution >= 4 is 11.3 Å². The summed E-state index contributed by atoms with van der Waals surface area (Å²) in [4.78, 5) is 6.04. The first-order valence-electron chi connectivity index (χ1n) is 7.34. The Kier molecular flexibility index (Phi) is 5.37. The zero-order valence-electron chi connectivity index (χ0n) is 13.5. The van der Waals surface area contributed by atoms with Crippen LogP contribution < -0.4 is 10.1 Å². The van der Waals surface area contributed by atoms with Crippen molar-refractivity contribution in [1.82, 2.24) is 10.3 Å². The van der Waals surface area contributed by atoms with Crippen LogP contribution in [0.2, 0.25) is 0 Å². The standard InChI is InChI=1S/C17H24N2OS/c1-6-13-7-8-21-17(13)15(18-4)9-14-12(3)16(20-5)11(2)10-19-14/h7-8,10,15,18H,6,9H2,1-5H3. The number of hydrogen-bond acceptors (Lipinski definition) is 4. The summed E-state index contributed by atoms with van der Waals surface area (Å²) < 4.78 is 5.51. The lowest BCUT2D eigenvalue weighted by Crippen LogP contribution is -2.20. The number of nitrogens with zero attached hydrogens (tertiary/aromatic N) is 1. The summed E-state index contributed by atoms with van der Waals surface area (Å²) in [6.45, 7) is 6.33. The highest BCUT2D eigenvalue weighted by atomic mass is 32.1. The lowest BCUT2D eigenvalue weighted by atomic mass is 10.0. The Morgan fingerprint density at radius 1 is 1.38 bits per heavy atom. The van der Waals surface area contributed by atoms with Gasteiger partial charge in [0, 0.05) is 40.4 Å². The predicted octanol–water partition coefficient (Wildman–Crippen LogP) is 3.83. The maximum absolute atomic E-state index is 5.51. The maximum Gasteiger partial charge on any atom is 0.128 e. The van der Waals surface area contributed by atoms with Gasteiger partial charge in [-0.2, -0.15) is 0 Å². The molecule has 1 N–H and O–H groups in total. The molecule has 0 radical (unpaired) electrons. The topological polar surface area (TPSA) is 34.1 Å². The first kappa shape index (κ1) is 16.0. The van der Waals surface area contributed by atoms with E-state index >= 15 is 0 Å². The lowest BCUT2D eigenvalue weighted by molar-refractivity contribution is 0.406. The number of thiophene rings is 1. The van der Waals surface area contributed by atoms with Gasteiger partial charge in [-0.05, 0) is 44.3 Å². The fraction of sp³-hybridized carbons (Fsp3) is 0.471. The van der Waals surface area contributed by atoms with E-state index in [-0.39, 0.29) is 0 Å². The quantitative estimate of drug-likeness (QED) is 0.880. The van der Waals surface area contributed by atoms with Crippen LogP contribution >= 0.6 is 11.3 Å². The van der Waals surface area contributed by atoms with E-state index in [1.165, 1.54) is 10.4 Å². The number of pyridine rings is 1. The van der Waals surface area contributed by atoms with Gasteiger partial charge in [0.2, 0.25) is 0 Å². The number of rotatable bonds is 6. The zero-order chi connectivity index (χ0) is 15.4. The molecule has 2 aromatic rings. The molecule has 0 aliphatic heterocycles. The molecule has 0 saturated carbocycles. The minimum atomic E-state index is 0.304. The summed E-state index contributed by atoms with van der Waals surface area (Å²) in [7, 11) is 3.74.